The van der Waals surface area contributed by atoms with Crippen molar-refractivity contribution in [2.45, 2.75) is 37.8 Å². The van der Waals surface area contributed by atoms with Gasteiger partial charge in [-0.1, -0.05) is 23.2 Å². The van der Waals surface area contributed by atoms with E-state index in [2.05, 4.69) is 5.32 Å². The maximum atomic E-state index is 12.5. The molecule has 3 nitrogen and oxygen atoms in total. The van der Waals surface area contributed by atoms with Crippen LogP contribution in [0.3, 0.4) is 0 Å². The minimum atomic E-state index is 0.0106. The minimum absolute atomic E-state index is 0.0106. The SMILES string of the molecule is CNC1CCC(N(C)C(=O)c2ccc(Cl)c(Cl)c2)CC1. The van der Waals surface area contributed by atoms with Gasteiger partial charge in [0.2, 0.25) is 0 Å². The second-order valence-corrected chi connectivity index (χ2v) is 6.15. The third-order valence-corrected chi connectivity index (χ3v) is 4.88. The van der Waals surface area contributed by atoms with Crippen molar-refractivity contribution in [2.24, 2.45) is 0 Å². The van der Waals surface area contributed by atoms with Gasteiger partial charge in [0, 0.05) is 24.7 Å². The zero-order chi connectivity index (χ0) is 14.7. The standard InChI is InChI=1S/C15H20Cl2N2O/c1-18-11-4-6-12(7-5-11)19(2)15(20)10-3-8-13(16)14(17)9-10/h3,8-9,11-12,18H,4-7H2,1-2H3. The number of nitrogens with one attached hydrogen (secondary N) is 1. The fraction of sp³-hybridized carbons (Fsp3) is 0.533. The van der Waals surface area contributed by atoms with Gasteiger partial charge in [-0.3, -0.25) is 4.79 Å². The number of nitrogens with zero attached hydrogens (tertiary/aromatic N) is 1. The fourth-order valence-corrected chi connectivity index (χ4v) is 3.05. The lowest BCUT2D eigenvalue weighted by molar-refractivity contribution is 0.0686. The molecule has 1 N–H and O–H groups in total. The van der Waals surface area contributed by atoms with Crippen molar-refractivity contribution >= 4 is 29.1 Å². The van der Waals surface area contributed by atoms with Crippen LogP contribution in [0.4, 0.5) is 0 Å². The van der Waals surface area contributed by atoms with Gasteiger partial charge in [0.15, 0.2) is 0 Å². The molecule has 0 bridgehead atoms. The summed E-state index contributed by atoms with van der Waals surface area (Å²) < 4.78 is 0. The van der Waals surface area contributed by atoms with Crippen molar-refractivity contribution in [2.75, 3.05) is 14.1 Å². The lowest BCUT2D eigenvalue weighted by atomic mass is 9.90. The first-order valence-electron chi connectivity index (χ1n) is 6.92. The number of hydrogen-bond donors (Lipinski definition) is 1. The van der Waals surface area contributed by atoms with Crippen molar-refractivity contribution in [3.05, 3.63) is 33.8 Å². The molecule has 110 valence electrons. The molecule has 0 radical (unpaired) electrons. The molecule has 0 aliphatic heterocycles. The number of carbonyl (C=O) groups is 1. The van der Waals surface area contributed by atoms with E-state index in [0.29, 0.717) is 27.7 Å². The van der Waals surface area contributed by atoms with E-state index in [9.17, 15) is 4.79 Å². The van der Waals surface area contributed by atoms with Gasteiger partial charge in [0.25, 0.3) is 5.91 Å². The van der Waals surface area contributed by atoms with E-state index >= 15 is 0 Å². The Hall–Kier alpha value is -0.770. The zero-order valence-electron chi connectivity index (χ0n) is 11.8. The topological polar surface area (TPSA) is 32.3 Å². The molecule has 1 aromatic rings. The Balaban J connectivity index is 2.03. The maximum Gasteiger partial charge on any atom is 0.253 e. The number of amides is 1. The van der Waals surface area contributed by atoms with E-state index in [4.69, 9.17) is 23.2 Å². The molecule has 20 heavy (non-hydrogen) atoms. The Morgan fingerprint density at radius 2 is 1.85 bits per heavy atom. The highest BCUT2D eigenvalue weighted by Gasteiger charge is 2.26. The Morgan fingerprint density at radius 1 is 1.20 bits per heavy atom. The van der Waals surface area contributed by atoms with E-state index in [1.54, 1.807) is 18.2 Å². The van der Waals surface area contributed by atoms with Crippen LogP contribution in [-0.4, -0.2) is 37.0 Å². The highest BCUT2D eigenvalue weighted by molar-refractivity contribution is 6.42. The number of hydrogen-bond acceptors (Lipinski definition) is 2. The molecule has 0 atom stereocenters. The predicted octanol–water partition coefficient (Wildman–Crippen LogP) is 3.60. The Bertz CT molecular complexity index is 485. The molecule has 0 aromatic heterocycles. The summed E-state index contributed by atoms with van der Waals surface area (Å²) in [5.74, 6) is 0.0106. The van der Waals surface area contributed by atoms with Gasteiger partial charge in [-0.15, -0.1) is 0 Å². The Labute approximate surface area is 130 Å². The lowest BCUT2D eigenvalue weighted by Crippen LogP contribution is -2.42. The van der Waals surface area contributed by atoms with Crippen molar-refractivity contribution in [3.8, 4) is 0 Å². The molecule has 1 fully saturated rings. The summed E-state index contributed by atoms with van der Waals surface area (Å²) >= 11 is 11.9. The van der Waals surface area contributed by atoms with Crippen LogP contribution in [-0.2, 0) is 0 Å². The molecule has 2 rings (SSSR count). The van der Waals surface area contributed by atoms with E-state index in [-0.39, 0.29) is 5.91 Å². The molecule has 1 amide bonds. The molecule has 1 aromatic carbocycles. The van der Waals surface area contributed by atoms with Gasteiger partial charge in [-0.05, 0) is 50.9 Å². The molecule has 0 unspecified atom stereocenters. The van der Waals surface area contributed by atoms with Crippen molar-refractivity contribution in [3.63, 3.8) is 0 Å². The van der Waals surface area contributed by atoms with Crippen LogP contribution in [0.5, 0.6) is 0 Å². The normalized spacial score (nSPS) is 22.6. The van der Waals surface area contributed by atoms with Gasteiger partial charge in [0.1, 0.15) is 0 Å². The monoisotopic (exact) mass is 314 g/mol. The number of benzene rings is 1. The third kappa shape index (κ3) is 3.46. The summed E-state index contributed by atoms with van der Waals surface area (Å²) in [6, 6.07) is 5.93. The largest absolute Gasteiger partial charge is 0.339 e. The van der Waals surface area contributed by atoms with Crippen LogP contribution >= 0.6 is 23.2 Å². The molecule has 0 saturated heterocycles. The van der Waals surface area contributed by atoms with Crippen LogP contribution in [0.1, 0.15) is 36.0 Å². The van der Waals surface area contributed by atoms with Gasteiger partial charge in [-0.2, -0.15) is 0 Å². The predicted molar refractivity (Wildman–Crippen MR) is 83.7 cm³/mol. The van der Waals surface area contributed by atoms with E-state index in [1.165, 1.54) is 0 Å². The summed E-state index contributed by atoms with van der Waals surface area (Å²) in [4.78, 5) is 14.3. The average molecular weight is 315 g/mol. The minimum Gasteiger partial charge on any atom is -0.339 e. The van der Waals surface area contributed by atoms with E-state index in [0.717, 1.165) is 25.7 Å². The molecule has 0 spiro atoms. The summed E-state index contributed by atoms with van der Waals surface area (Å²) in [7, 11) is 3.87. The second kappa shape index (κ2) is 6.79. The van der Waals surface area contributed by atoms with Crippen molar-refractivity contribution in [1.82, 2.24) is 10.2 Å². The first-order valence-corrected chi connectivity index (χ1v) is 7.68. The summed E-state index contributed by atoms with van der Waals surface area (Å²) in [5.41, 5.74) is 0.595. The first kappa shape index (κ1) is 15.6. The summed E-state index contributed by atoms with van der Waals surface area (Å²) in [6.45, 7) is 0. The van der Waals surface area contributed by atoms with Crippen molar-refractivity contribution < 1.29 is 4.79 Å². The molecular formula is C15H20Cl2N2O. The van der Waals surface area contributed by atoms with E-state index < -0.39 is 0 Å². The molecule has 1 aliphatic carbocycles. The number of halogens is 2. The second-order valence-electron chi connectivity index (χ2n) is 5.34. The smallest absolute Gasteiger partial charge is 0.253 e. The maximum absolute atomic E-state index is 12.5. The van der Waals surface area contributed by atoms with Gasteiger partial charge < -0.3 is 10.2 Å². The Morgan fingerprint density at radius 3 is 2.40 bits per heavy atom. The van der Waals surface area contributed by atoms with Gasteiger partial charge >= 0.3 is 0 Å². The fourth-order valence-electron chi connectivity index (χ4n) is 2.75. The van der Waals surface area contributed by atoms with Gasteiger partial charge in [-0.25, -0.2) is 0 Å². The summed E-state index contributed by atoms with van der Waals surface area (Å²) in [6.07, 6.45) is 4.30. The quantitative estimate of drug-likeness (QED) is 0.924. The van der Waals surface area contributed by atoms with Crippen LogP contribution in [0.25, 0.3) is 0 Å². The van der Waals surface area contributed by atoms with Crippen LogP contribution in [0.15, 0.2) is 18.2 Å². The summed E-state index contributed by atoms with van der Waals surface area (Å²) in [5, 5.41) is 4.20. The number of rotatable bonds is 3. The average Bonchev–Trinajstić information content (AvgIpc) is 2.48. The molecule has 1 aliphatic rings. The highest BCUT2D eigenvalue weighted by Crippen LogP contribution is 2.26. The lowest BCUT2D eigenvalue weighted by Gasteiger charge is -2.34. The number of carbonyl (C=O) groups excluding carboxylic acids is 1. The molecular weight excluding hydrogens is 295 g/mol. The van der Waals surface area contributed by atoms with Crippen molar-refractivity contribution in [1.29, 1.82) is 0 Å². The van der Waals surface area contributed by atoms with Gasteiger partial charge in [0.05, 0.1) is 10.0 Å². The molecule has 1 saturated carbocycles. The highest BCUT2D eigenvalue weighted by atomic mass is 35.5. The van der Waals surface area contributed by atoms with E-state index in [1.807, 2.05) is 19.0 Å². The molecule has 5 heteroatoms. The zero-order valence-corrected chi connectivity index (χ0v) is 13.3. The Kier molecular flexibility index (Phi) is 5.30. The third-order valence-electron chi connectivity index (χ3n) is 4.14. The van der Waals surface area contributed by atoms with Crippen LogP contribution < -0.4 is 5.32 Å². The molecule has 0 heterocycles. The first-order chi connectivity index (χ1) is 9.52. The van der Waals surface area contributed by atoms with Crippen LogP contribution in [0.2, 0.25) is 10.0 Å². The van der Waals surface area contributed by atoms with Crippen LogP contribution in [0, 0.1) is 0 Å².